The first kappa shape index (κ1) is 15.1. The summed E-state index contributed by atoms with van der Waals surface area (Å²) in [6.07, 6.45) is 8.07. The Balaban J connectivity index is 2.00. The molecule has 1 fully saturated rings. The molecule has 0 radical (unpaired) electrons. The minimum atomic E-state index is -0.0553. The van der Waals surface area contributed by atoms with Gasteiger partial charge in [0.2, 0.25) is 0 Å². The summed E-state index contributed by atoms with van der Waals surface area (Å²) >= 11 is 0. The van der Waals surface area contributed by atoms with E-state index in [1.165, 1.54) is 12.8 Å². The zero-order valence-corrected chi connectivity index (χ0v) is 12.5. The second-order valence-electron chi connectivity index (χ2n) is 5.81. The normalized spacial score (nSPS) is 17.1. The number of carbonyl (C=O) groups is 1. The molecule has 2 nitrogen and oxygen atoms in total. The molecule has 2 heteroatoms. The second kappa shape index (κ2) is 8.08. The molecule has 0 N–H and O–H groups in total. The first-order valence-corrected chi connectivity index (χ1v) is 8.04. The van der Waals surface area contributed by atoms with Gasteiger partial charge >= 0.3 is 5.97 Å². The molecule has 110 valence electrons. The lowest BCUT2D eigenvalue weighted by Gasteiger charge is -2.22. The van der Waals surface area contributed by atoms with Gasteiger partial charge in [-0.05, 0) is 30.7 Å². The fourth-order valence-electron chi connectivity index (χ4n) is 3.17. The maximum atomic E-state index is 12.5. The zero-order valence-electron chi connectivity index (χ0n) is 12.5. The molecule has 1 aromatic carbocycles. The summed E-state index contributed by atoms with van der Waals surface area (Å²) in [4.78, 5) is 12.5. The smallest absolute Gasteiger partial charge is 0.313 e. The molecule has 0 unspecified atom stereocenters. The van der Waals surface area contributed by atoms with Gasteiger partial charge in [0.1, 0.15) is 0 Å². The summed E-state index contributed by atoms with van der Waals surface area (Å²) in [6, 6.07) is 10.2. The van der Waals surface area contributed by atoms with Crippen LogP contribution >= 0.6 is 0 Å². The van der Waals surface area contributed by atoms with E-state index in [9.17, 15) is 4.79 Å². The molecule has 1 aromatic rings. The van der Waals surface area contributed by atoms with E-state index in [0.29, 0.717) is 12.5 Å². The Morgan fingerprint density at radius 2 is 1.90 bits per heavy atom. The molecule has 0 spiro atoms. The lowest BCUT2D eigenvalue weighted by atomic mass is 9.85. The van der Waals surface area contributed by atoms with E-state index in [0.717, 1.165) is 37.7 Å². The van der Waals surface area contributed by atoms with Crippen molar-refractivity contribution in [1.82, 2.24) is 0 Å². The van der Waals surface area contributed by atoms with Crippen molar-refractivity contribution in [3.8, 4) is 0 Å². The number of ether oxygens (including phenoxy) is 1. The topological polar surface area (TPSA) is 26.3 Å². The molecule has 0 aliphatic heterocycles. The van der Waals surface area contributed by atoms with Gasteiger partial charge in [0, 0.05) is 0 Å². The highest BCUT2D eigenvalue weighted by Crippen LogP contribution is 2.38. The molecule has 0 bridgehead atoms. The van der Waals surface area contributed by atoms with Crippen LogP contribution in [0.5, 0.6) is 0 Å². The molecule has 1 saturated carbocycles. The molecule has 0 heterocycles. The Morgan fingerprint density at radius 1 is 1.20 bits per heavy atom. The van der Waals surface area contributed by atoms with Crippen molar-refractivity contribution >= 4 is 5.97 Å². The summed E-state index contributed by atoms with van der Waals surface area (Å²) in [5.74, 6) is 0.399. The molecule has 0 saturated heterocycles. The number of unbranched alkanes of at least 4 members (excludes halogenated alkanes) is 2. The van der Waals surface area contributed by atoms with Gasteiger partial charge in [-0.15, -0.1) is 0 Å². The van der Waals surface area contributed by atoms with Gasteiger partial charge in [-0.1, -0.05) is 62.9 Å². The Hall–Kier alpha value is -1.31. The average Bonchev–Trinajstić information content (AvgIpc) is 2.99. The minimum Gasteiger partial charge on any atom is -0.465 e. The van der Waals surface area contributed by atoms with Gasteiger partial charge in [-0.25, -0.2) is 0 Å². The van der Waals surface area contributed by atoms with Crippen molar-refractivity contribution in [1.29, 1.82) is 0 Å². The highest BCUT2D eigenvalue weighted by atomic mass is 16.5. The van der Waals surface area contributed by atoms with Crippen LogP contribution in [0.3, 0.4) is 0 Å². The largest absolute Gasteiger partial charge is 0.465 e. The Bertz CT molecular complexity index is 393. The highest BCUT2D eigenvalue weighted by Gasteiger charge is 2.32. The van der Waals surface area contributed by atoms with Crippen LogP contribution in [0.1, 0.15) is 63.4 Å². The number of esters is 1. The first-order valence-electron chi connectivity index (χ1n) is 8.04. The van der Waals surface area contributed by atoms with E-state index >= 15 is 0 Å². The predicted molar refractivity (Wildman–Crippen MR) is 81.6 cm³/mol. The van der Waals surface area contributed by atoms with Crippen molar-refractivity contribution in [3.63, 3.8) is 0 Å². The monoisotopic (exact) mass is 274 g/mol. The van der Waals surface area contributed by atoms with Crippen LogP contribution in [0.2, 0.25) is 0 Å². The van der Waals surface area contributed by atoms with Crippen molar-refractivity contribution in [3.05, 3.63) is 35.9 Å². The van der Waals surface area contributed by atoms with Crippen molar-refractivity contribution in [2.75, 3.05) is 6.61 Å². The molecule has 2 rings (SSSR count). The quantitative estimate of drug-likeness (QED) is 0.532. The van der Waals surface area contributed by atoms with E-state index in [2.05, 4.69) is 19.1 Å². The third-order valence-corrected chi connectivity index (χ3v) is 4.28. The number of rotatable bonds is 7. The number of benzene rings is 1. The Labute approximate surface area is 122 Å². The van der Waals surface area contributed by atoms with Crippen LogP contribution in [0.25, 0.3) is 0 Å². The van der Waals surface area contributed by atoms with E-state index < -0.39 is 0 Å². The third kappa shape index (κ3) is 4.09. The second-order valence-corrected chi connectivity index (χ2v) is 5.81. The van der Waals surface area contributed by atoms with E-state index in [1.807, 2.05) is 18.2 Å². The maximum absolute atomic E-state index is 12.5. The lowest BCUT2D eigenvalue weighted by molar-refractivity contribution is -0.147. The Kier molecular flexibility index (Phi) is 6.10. The average molecular weight is 274 g/mol. The van der Waals surface area contributed by atoms with Crippen molar-refractivity contribution in [2.24, 2.45) is 5.92 Å². The fraction of sp³-hybridized carbons (Fsp3) is 0.611. The van der Waals surface area contributed by atoms with E-state index in [4.69, 9.17) is 4.74 Å². The van der Waals surface area contributed by atoms with Crippen LogP contribution in [0.4, 0.5) is 0 Å². The lowest BCUT2D eigenvalue weighted by Crippen LogP contribution is -2.23. The summed E-state index contributed by atoms with van der Waals surface area (Å²) in [7, 11) is 0. The van der Waals surface area contributed by atoms with E-state index in [1.54, 1.807) is 0 Å². The van der Waals surface area contributed by atoms with Gasteiger partial charge in [-0.3, -0.25) is 4.79 Å². The van der Waals surface area contributed by atoms with Crippen LogP contribution in [0.15, 0.2) is 30.3 Å². The zero-order chi connectivity index (χ0) is 14.2. The van der Waals surface area contributed by atoms with Gasteiger partial charge in [0.25, 0.3) is 0 Å². The molecule has 1 atom stereocenters. The SMILES string of the molecule is CCCCCOC(=O)[C@H](c1ccccc1)C1CCCC1. The van der Waals surface area contributed by atoms with E-state index in [-0.39, 0.29) is 11.9 Å². The molecular formula is C18H26O2. The number of hydrogen-bond acceptors (Lipinski definition) is 2. The number of carbonyl (C=O) groups excluding carboxylic acids is 1. The van der Waals surface area contributed by atoms with Gasteiger partial charge in [0.05, 0.1) is 12.5 Å². The summed E-state index contributed by atoms with van der Waals surface area (Å²) in [5, 5.41) is 0. The summed E-state index contributed by atoms with van der Waals surface area (Å²) in [5.41, 5.74) is 1.12. The molecule has 1 aliphatic rings. The first-order chi connectivity index (χ1) is 9.83. The molecular weight excluding hydrogens is 248 g/mol. The van der Waals surface area contributed by atoms with Crippen LogP contribution in [0, 0.1) is 5.92 Å². The van der Waals surface area contributed by atoms with Gasteiger partial charge in [-0.2, -0.15) is 0 Å². The van der Waals surface area contributed by atoms with Crippen molar-refractivity contribution < 1.29 is 9.53 Å². The Morgan fingerprint density at radius 3 is 2.55 bits per heavy atom. The minimum absolute atomic E-state index is 0.0146. The number of hydrogen-bond donors (Lipinski definition) is 0. The predicted octanol–water partition coefficient (Wildman–Crippen LogP) is 4.69. The fourth-order valence-corrected chi connectivity index (χ4v) is 3.17. The van der Waals surface area contributed by atoms with Crippen molar-refractivity contribution in [2.45, 2.75) is 57.8 Å². The third-order valence-electron chi connectivity index (χ3n) is 4.28. The molecule has 20 heavy (non-hydrogen) atoms. The summed E-state index contributed by atoms with van der Waals surface area (Å²) in [6.45, 7) is 2.73. The highest BCUT2D eigenvalue weighted by molar-refractivity contribution is 5.78. The van der Waals surface area contributed by atoms with Crippen LogP contribution in [-0.4, -0.2) is 12.6 Å². The maximum Gasteiger partial charge on any atom is 0.313 e. The molecule has 1 aliphatic carbocycles. The summed E-state index contributed by atoms with van der Waals surface area (Å²) < 4.78 is 5.53. The van der Waals surface area contributed by atoms with Gasteiger partial charge < -0.3 is 4.74 Å². The van der Waals surface area contributed by atoms with Crippen LogP contribution < -0.4 is 0 Å². The molecule has 0 amide bonds. The molecule has 0 aromatic heterocycles. The van der Waals surface area contributed by atoms with Crippen LogP contribution in [-0.2, 0) is 9.53 Å². The van der Waals surface area contributed by atoms with Gasteiger partial charge in [0.15, 0.2) is 0 Å². The standard InChI is InChI=1S/C18H26O2/c1-2-3-9-14-20-18(19)17(16-12-7-8-13-16)15-10-5-4-6-11-15/h4-6,10-11,16-17H,2-3,7-9,12-14H2,1H3/t17-/m1/s1.